The summed E-state index contributed by atoms with van der Waals surface area (Å²) in [6.45, 7) is 0. The minimum atomic E-state index is -4.40. The van der Waals surface area contributed by atoms with Crippen molar-refractivity contribution in [3.05, 3.63) is 48.5 Å². The van der Waals surface area contributed by atoms with E-state index >= 15 is 0 Å². The Hall–Kier alpha value is -2.10. The molecule has 7 nitrogen and oxygen atoms in total. The minimum absolute atomic E-state index is 0.00633. The number of benzene rings is 2. The molecule has 112 valence electrons. The number of nitrogens with one attached hydrogen (secondary N) is 1. The van der Waals surface area contributed by atoms with Gasteiger partial charge in [-0.15, -0.1) is 0 Å². The highest BCUT2D eigenvalue weighted by Gasteiger charge is 2.17. The second kappa shape index (κ2) is 5.35. The Kier molecular flexibility index (Phi) is 3.90. The normalized spacial score (nSPS) is 12.0. The number of hydrogen-bond donors (Lipinski definition) is 3. The van der Waals surface area contributed by atoms with Crippen molar-refractivity contribution in [1.29, 1.82) is 0 Å². The summed E-state index contributed by atoms with van der Waals surface area (Å²) in [4.78, 5) is 0.0698. The standard InChI is InChI=1S/C12H12N2O5S2/c13-9-1-5-11(6-2-9)20(15,16)12-7-3-10(4-8-12)14-21(17,18)19/h1-8,14H,13H2,(H,17,18,19). The first-order chi connectivity index (χ1) is 9.68. The van der Waals surface area contributed by atoms with Crippen molar-refractivity contribution in [2.24, 2.45) is 0 Å². The maximum atomic E-state index is 12.3. The predicted octanol–water partition coefficient (Wildman–Crippen LogP) is 1.32. The van der Waals surface area contributed by atoms with Crippen LogP contribution in [0.1, 0.15) is 0 Å². The molecule has 0 saturated heterocycles. The van der Waals surface area contributed by atoms with Crippen molar-refractivity contribution < 1.29 is 21.4 Å². The summed E-state index contributed by atoms with van der Waals surface area (Å²) in [5, 5.41) is 0. The van der Waals surface area contributed by atoms with Gasteiger partial charge in [-0.2, -0.15) is 8.42 Å². The fraction of sp³-hybridized carbons (Fsp3) is 0. The lowest BCUT2D eigenvalue weighted by Gasteiger charge is -2.07. The van der Waals surface area contributed by atoms with E-state index in [-0.39, 0.29) is 15.5 Å². The van der Waals surface area contributed by atoms with Gasteiger partial charge in [0.2, 0.25) is 9.84 Å². The Bertz CT molecular complexity index is 842. The van der Waals surface area contributed by atoms with Crippen LogP contribution in [0.25, 0.3) is 0 Å². The van der Waals surface area contributed by atoms with Gasteiger partial charge in [-0.05, 0) is 48.5 Å². The number of nitrogens with two attached hydrogens (primary N) is 1. The molecular formula is C12H12N2O5S2. The molecule has 0 spiro atoms. The minimum Gasteiger partial charge on any atom is -0.399 e. The van der Waals surface area contributed by atoms with Gasteiger partial charge in [0.25, 0.3) is 0 Å². The van der Waals surface area contributed by atoms with Gasteiger partial charge < -0.3 is 5.73 Å². The predicted molar refractivity (Wildman–Crippen MR) is 77.9 cm³/mol. The van der Waals surface area contributed by atoms with Crippen molar-refractivity contribution in [3.8, 4) is 0 Å². The van der Waals surface area contributed by atoms with Gasteiger partial charge in [0.1, 0.15) is 0 Å². The molecule has 2 rings (SSSR count). The quantitative estimate of drug-likeness (QED) is 0.574. The van der Waals surface area contributed by atoms with Crippen LogP contribution in [-0.2, 0) is 20.1 Å². The molecule has 9 heteroatoms. The molecule has 0 unspecified atom stereocenters. The highest BCUT2D eigenvalue weighted by Crippen LogP contribution is 2.23. The number of anilines is 2. The molecule has 0 radical (unpaired) electrons. The number of nitrogen functional groups attached to an aromatic ring is 1. The summed E-state index contributed by atoms with van der Waals surface area (Å²) < 4.78 is 56.4. The molecular weight excluding hydrogens is 316 g/mol. The van der Waals surface area contributed by atoms with Crippen molar-refractivity contribution in [1.82, 2.24) is 0 Å². The number of sulfone groups is 1. The van der Waals surface area contributed by atoms with Crippen LogP contribution in [0.2, 0.25) is 0 Å². The second-order valence-corrected chi connectivity index (χ2v) is 7.28. The molecule has 0 aliphatic rings. The molecule has 0 aromatic heterocycles. The Balaban J connectivity index is 2.35. The number of rotatable bonds is 4. The van der Waals surface area contributed by atoms with E-state index in [0.29, 0.717) is 5.69 Å². The summed E-state index contributed by atoms with van der Waals surface area (Å²) >= 11 is 0. The van der Waals surface area contributed by atoms with Crippen molar-refractivity contribution in [3.63, 3.8) is 0 Å². The molecule has 0 bridgehead atoms. The van der Waals surface area contributed by atoms with Crippen molar-refractivity contribution in [2.45, 2.75) is 9.79 Å². The Morgan fingerprint density at radius 1 is 0.810 bits per heavy atom. The van der Waals surface area contributed by atoms with Gasteiger partial charge in [0.15, 0.2) is 0 Å². The van der Waals surface area contributed by atoms with Gasteiger partial charge >= 0.3 is 10.3 Å². The van der Waals surface area contributed by atoms with E-state index in [1.807, 2.05) is 4.72 Å². The fourth-order valence-electron chi connectivity index (χ4n) is 1.63. The first-order valence-electron chi connectivity index (χ1n) is 5.64. The van der Waals surface area contributed by atoms with E-state index < -0.39 is 20.1 Å². The summed E-state index contributed by atoms with van der Waals surface area (Å²) in [7, 11) is -8.11. The summed E-state index contributed by atoms with van der Waals surface area (Å²) in [5.74, 6) is 0. The van der Waals surface area contributed by atoms with Crippen molar-refractivity contribution >= 4 is 31.5 Å². The van der Waals surface area contributed by atoms with E-state index in [4.69, 9.17) is 10.3 Å². The zero-order chi connectivity index (χ0) is 15.7. The molecule has 0 atom stereocenters. The lowest BCUT2D eigenvalue weighted by Crippen LogP contribution is -2.10. The van der Waals surface area contributed by atoms with Crippen LogP contribution in [0.15, 0.2) is 58.3 Å². The van der Waals surface area contributed by atoms with Crippen LogP contribution in [0, 0.1) is 0 Å². The molecule has 2 aromatic rings. The lowest BCUT2D eigenvalue weighted by atomic mass is 10.3. The van der Waals surface area contributed by atoms with Gasteiger partial charge in [0, 0.05) is 5.69 Å². The maximum Gasteiger partial charge on any atom is 0.357 e. The third kappa shape index (κ3) is 3.72. The van der Waals surface area contributed by atoms with Crippen LogP contribution in [0.4, 0.5) is 11.4 Å². The molecule has 0 fully saturated rings. The van der Waals surface area contributed by atoms with E-state index in [9.17, 15) is 16.8 Å². The van der Waals surface area contributed by atoms with Crippen LogP contribution >= 0.6 is 0 Å². The van der Waals surface area contributed by atoms with E-state index in [1.165, 1.54) is 48.5 Å². The third-order valence-electron chi connectivity index (χ3n) is 2.60. The Labute approximate surface area is 122 Å². The van der Waals surface area contributed by atoms with E-state index in [1.54, 1.807) is 0 Å². The molecule has 0 heterocycles. The van der Waals surface area contributed by atoms with Crippen molar-refractivity contribution in [2.75, 3.05) is 10.5 Å². The second-order valence-electron chi connectivity index (χ2n) is 4.17. The first-order valence-corrected chi connectivity index (χ1v) is 8.57. The van der Waals surface area contributed by atoms with Crippen LogP contribution < -0.4 is 10.5 Å². The lowest BCUT2D eigenvalue weighted by molar-refractivity contribution is 0.489. The highest BCUT2D eigenvalue weighted by molar-refractivity contribution is 7.91. The SMILES string of the molecule is Nc1ccc(S(=O)(=O)c2ccc(NS(=O)(=O)O)cc2)cc1. The molecule has 0 aliphatic heterocycles. The average molecular weight is 328 g/mol. The van der Waals surface area contributed by atoms with Crippen LogP contribution in [-0.4, -0.2) is 21.4 Å². The first kappa shape index (κ1) is 15.3. The zero-order valence-electron chi connectivity index (χ0n) is 10.6. The monoisotopic (exact) mass is 328 g/mol. The maximum absolute atomic E-state index is 12.3. The zero-order valence-corrected chi connectivity index (χ0v) is 12.2. The van der Waals surface area contributed by atoms with Crippen LogP contribution in [0.3, 0.4) is 0 Å². The smallest absolute Gasteiger partial charge is 0.357 e. The van der Waals surface area contributed by atoms with E-state index in [2.05, 4.69) is 0 Å². The topological polar surface area (TPSA) is 127 Å². The van der Waals surface area contributed by atoms with Gasteiger partial charge in [-0.1, -0.05) is 0 Å². The molecule has 2 aromatic carbocycles. The fourth-order valence-corrected chi connectivity index (χ4v) is 3.33. The average Bonchev–Trinajstić information content (AvgIpc) is 2.38. The van der Waals surface area contributed by atoms with Gasteiger partial charge in [0.05, 0.1) is 15.5 Å². The molecule has 21 heavy (non-hydrogen) atoms. The van der Waals surface area contributed by atoms with E-state index in [0.717, 1.165) is 0 Å². The largest absolute Gasteiger partial charge is 0.399 e. The van der Waals surface area contributed by atoms with Gasteiger partial charge in [-0.3, -0.25) is 9.27 Å². The summed E-state index contributed by atoms with van der Waals surface area (Å²) in [6, 6.07) is 10.7. The number of hydrogen-bond acceptors (Lipinski definition) is 5. The Morgan fingerprint density at radius 2 is 1.24 bits per heavy atom. The molecule has 0 saturated carbocycles. The third-order valence-corrected chi connectivity index (χ3v) is 4.88. The molecule has 0 aliphatic carbocycles. The molecule has 4 N–H and O–H groups in total. The van der Waals surface area contributed by atoms with Crippen LogP contribution in [0.5, 0.6) is 0 Å². The molecule has 0 amide bonds. The highest BCUT2D eigenvalue weighted by atomic mass is 32.2. The summed E-state index contributed by atoms with van der Waals surface area (Å²) in [5.41, 5.74) is 6.00. The van der Waals surface area contributed by atoms with Gasteiger partial charge in [-0.25, -0.2) is 8.42 Å². The Morgan fingerprint density at radius 3 is 1.67 bits per heavy atom. The summed E-state index contributed by atoms with van der Waals surface area (Å²) in [6.07, 6.45) is 0.